The third-order valence-corrected chi connectivity index (χ3v) is 4.39. The summed E-state index contributed by atoms with van der Waals surface area (Å²) >= 11 is 0. The molecule has 3 N–H and O–H groups in total. The van der Waals surface area contributed by atoms with Gasteiger partial charge in [-0.15, -0.1) is 0 Å². The highest BCUT2D eigenvalue weighted by molar-refractivity contribution is 7.89. The van der Waals surface area contributed by atoms with Crippen LogP contribution in [0.1, 0.15) is 12.0 Å². The van der Waals surface area contributed by atoms with Gasteiger partial charge in [-0.05, 0) is 18.2 Å². The van der Waals surface area contributed by atoms with Crippen molar-refractivity contribution in [2.75, 3.05) is 11.4 Å². The number of nitrogens with zero attached hydrogens (tertiary/aromatic N) is 1. The number of halogens is 3. The molecule has 1 saturated heterocycles. The molecule has 0 aromatic heterocycles. The van der Waals surface area contributed by atoms with Gasteiger partial charge in [0.05, 0.1) is 11.3 Å². The molecule has 1 fully saturated rings. The van der Waals surface area contributed by atoms with Crippen LogP contribution in [0, 0.1) is 0 Å². The number of alkyl halides is 3. The highest BCUT2D eigenvalue weighted by Crippen LogP contribution is 2.37. The van der Waals surface area contributed by atoms with Gasteiger partial charge in [0.15, 0.2) is 0 Å². The molecular weight excluding hydrogens is 313 g/mol. The minimum atomic E-state index is -4.65. The van der Waals surface area contributed by atoms with Crippen LogP contribution in [0.3, 0.4) is 0 Å². The molecule has 1 unspecified atom stereocenters. The van der Waals surface area contributed by atoms with Crippen molar-refractivity contribution >= 4 is 21.6 Å². The number of phenolic OH excluding ortho intramolecular Hbond substituents is 1. The Bertz CT molecular complexity index is 687. The molecule has 10 heteroatoms. The molecule has 0 aliphatic carbocycles. The van der Waals surface area contributed by atoms with Gasteiger partial charge in [0.1, 0.15) is 11.0 Å². The first-order chi connectivity index (χ1) is 9.50. The molecule has 21 heavy (non-hydrogen) atoms. The number of primary sulfonamides is 1. The monoisotopic (exact) mass is 324 g/mol. The summed E-state index contributed by atoms with van der Waals surface area (Å²) in [6.45, 7) is -0.396. The average molecular weight is 324 g/mol. The lowest BCUT2D eigenvalue weighted by atomic mass is 10.1. The number of aromatic hydroxyl groups is 1. The number of amides is 1. The van der Waals surface area contributed by atoms with Crippen LogP contribution >= 0.6 is 0 Å². The molecule has 0 spiro atoms. The topological polar surface area (TPSA) is 101 Å². The van der Waals surface area contributed by atoms with Gasteiger partial charge in [0.2, 0.25) is 15.9 Å². The van der Waals surface area contributed by atoms with E-state index in [2.05, 4.69) is 0 Å². The normalized spacial score (nSPS) is 20.1. The van der Waals surface area contributed by atoms with Crippen LogP contribution in [-0.2, 0) is 21.0 Å². The fraction of sp³-hybridized carbons (Fsp3) is 0.364. The maximum atomic E-state index is 12.6. The molecule has 1 amide bonds. The van der Waals surface area contributed by atoms with Crippen molar-refractivity contribution in [3.8, 4) is 5.75 Å². The third kappa shape index (κ3) is 3.10. The van der Waals surface area contributed by atoms with Crippen molar-refractivity contribution in [2.45, 2.75) is 17.8 Å². The number of hydrogen-bond acceptors (Lipinski definition) is 4. The zero-order valence-electron chi connectivity index (χ0n) is 10.5. The first kappa shape index (κ1) is 15.6. The molecule has 0 radical (unpaired) electrons. The molecule has 1 aliphatic heterocycles. The second kappa shape index (κ2) is 4.88. The molecule has 1 aliphatic rings. The van der Waals surface area contributed by atoms with Crippen molar-refractivity contribution in [3.05, 3.63) is 23.8 Å². The summed E-state index contributed by atoms with van der Waals surface area (Å²) in [5.74, 6) is -1.27. The molecule has 2 rings (SSSR count). The van der Waals surface area contributed by atoms with Crippen molar-refractivity contribution in [1.29, 1.82) is 0 Å². The van der Waals surface area contributed by atoms with Gasteiger partial charge in [-0.25, -0.2) is 13.6 Å². The van der Waals surface area contributed by atoms with E-state index in [-0.39, 0.29) is 5.69 Å². The Balaban J connectivity index is 2.41. The Labute approximate surface area is 118 Å². The van der Waals surface area contributed by atoms with E-state index in [4.69, 9.17) is 5.14 Å². The standard InChI is InChI=1S/C11H11F3N2O4S/c12-11(13,14)6-1-2-9(17)8(3-6)16-5-7(4-10(16)18)21(15,19)20/h1-3,7,17H,4-5H2,(H2,15,19,20). The van der Waals surface area contributed by atoms with E-state index in [9.17, 15) is 31.5 Å². The van der Waals surface area contributed by atoms with Crippen molar-refractivity contribution in [1.82, 2.24) is 0 Å². The van der Waals surface area contributed by atoms with Crippen LogP contribution in [-0.4, -0.2) is 31.2 Å². The fourth-order valence-corrected chi connectivity index (χ4v) is 2.78. The molecule has 0 saturated carbocycles. The Morgan fingerprint density at radius 2 is 1.95 bits per heavy atom. The van der Waals surface area contributed by atoms with Gasteiger partial charge < -0.3 is 10.0 Å². The maximum absolute atomic E-state index is 12.6. The maximum Gasteiger partial charge on any atom is 0.416 e. The van der Waals surface area contributed by atoms with E-state index in [1.165, 1.54) is 0 Å². The Morgan fingerprint density at radius 3 is 2.43 bits per heavy atom. The number of anilines is 1. The van der Waals surface area contributed by atoms with E-state index in [1.807, 2.05) is 0 Å². The molecule has 1 atom stereocenters. The van der Waals surface area contributed by atoms with Crippen LogP contribution in [0.5, 0.6) is 5.75 Å². The Morgan fingerprint density at radius 1 is 1.33 bits per heavy atom. The number of rotatable bonds is 2. The van der Waals surface area contributed by atoms with E-state index >= 15 is 0 Å². The van der Waals surface area contributed by atoms with Crippen LogP contribution < -0.4 is 10.0 Å². The van der Waals surface area contributed by atoms with Crippen LogP contribution in [0.2, 0.25) is 0 Å². The zero-order valence-corrected chi connectivity index (χ0v) is 11.3. The fourth-order valence-electron chi connectivity index (χ4n) is 2.04. The van der Waals surface area contributed by atoms with Crippen LogP contribution in [0.25, 0.3) is 0 Å². The largest absolute Gasteiger partial charge is 0.506 e. The quantitative estimate of drug-likeness (QED) is 0.840. The Hall–Kier alpha value is -1.81. The zero-order chi connectivity index (χ0) is 16.0. The van der Waals surface area contributed by atoms with Gasteiger partial charge in [0.25, 0.3) is 0 Å². The highest BCUT2D eigenvalue weighted by Gasteiger charge is 2.39. The number of phenols is 1. The van der Waals surface area contributed by atoms with E-state index < -0.39 is 51.6 Å². The lowest BCUT2D eigenvalue weighted by Crippen LogP contribution is -2.32. The van der Waals surface area contributed by atoms with Crippen LogP contribution in [0.4, 0.5) is 18.9 Å². The second-order valence-electron chi connectivity index (χ2n) is 4.62. The molecule has 116 valence electrons. The van der Waals surface area contributed by atoms with Gasteiger partial charge in [-0.2, -0.15) is 13.2 Å². The first-order valence-corrected chi connectivity index (χ1v) is 7.33. The Kier molecular flexibility index (Phi) is 3.62. The molecule has 1 aromatic rings. The minimum Gasteiger partial charge on any atom is -0.506 e. The molecule has 1 heterocycles. The highest BCUT2D eigenvalue weighted by atomic mass is 32.2. The number of sulfonamides is 1. The second-order valence-corrected chi connectivity index (χ2v) is 6.47. The number of nitrogens with two attached hydrogens (primary N) is 1. The van der Waals surface area contributed by atoms with Gasteiger partial charge in [-0.3, -0.25) is 4.79 Å². The van der Waals surface area contributed by atoms with Gasteiger partial charge >= 0.3 is 6.18 Å². The number of hydrogen-bond donors (Lipinski definition) is 2. The summed E-state index contributed by atoms with van der Waals surface area (Å²) in [5.41, 5.74) is -1.44. The van der Waals surface area contributed by atoms with E-state index in [0.29, 0.717) is 12.1 Å². The molecule has 0 bridgehead atoms. The molecular formula is C11H11F3N2O4S. The number of carbonyl (C=O) groups is 1. The van der Waals surface area contributed by atoms with Crippen LogP contribution in [0.15, 0.2) is 18.2 Å². The summed E-state index contributed by atoms with van der Waals surface area (Å²) in [5, 5.41) is 13.3. The summed E-state index contributed by atoms with van der Waals surface area (Å²) in [6, 6.07) is 2.06. The lowest BCUT2D eigenvalue weighted by Gasteiger charge is -2.19. The average Bonchev–Trinajstić information content (AvgIpc) is 2.70. The molecule has 1 aromatic carbocycles. The van der Waals surface area contributed by atoms with Crippen molar-refractivity contribution < 1.29 is 31.5 Å². The van der Waals surface area contributed by atoms with Crippen molar-refractivity contribution in [2.24, 2.45) is 5.14 Å². The summed E-state index contributed by atoms with van der Waals surface area (Å²) in [6.07, 6.45) is -5.08. The van der Waals surface area contributed by atoms with Crippen molar-refractivity contribution in [3.63, 3.8) is 0 Å². The SMILES string of the molecule is NS(=O)(=O)C1CC(=O)N(c2cc(C(F)(F)F)ccc2O)C1. The van der Waals surface area contributed by atoms with Gasteiger partial charge in [0, 0.05) is 13.0 Å². The minimum absolute atomic E-state index is 0.388. The number of benzene rings is 1. The van der Waals surface area contributed by atoms with E-state index in [1.54, 1.807) is 0 Å². The predicted molar refractivity (Wildman–Crippen MR) is 67.0 cm³/mol. The van der Waals surface area contributed by atoms with Gasteiger partial charge in [-0.1, -0.05) is 0 Å². The molecule has 6 nitrogen and oxygen atoms in total. The summed E-state index contributed by atoms with van der Waals surface area (Å²) in [4.78, 5) is 12.5. The lowest BCUT2D eigenvalue weighted by molar-refractivity contribution is -0.137. The summed E-state index contributed by atoms with van der Waals surface area (Å²) < 4.78 is 60.4. The smallest absolute Gasteiger partial charge is 0.416 e. The first-order valence-electron chi connectivity index (χ1n) is 5.72. The third-order valence-electron chi connectivity index (χ3n) is 3.15. The predicted octanol–water partition coefficient (Wildman–Crippen LogP) is 0.805. The summed E-state index contributed by atoms with van der Waals surface area (Å²) in [7, 11) is -3.99. The number of carbonyl (C=O) groups excluding carboxylic acids is 1. The van der Waals surface area contributed by atoms with E-state index in [0.717, 1.165) is 11.0 Å².